The fourth-order valence-electron chi connectivity index (χ4n) is 2.16. The van der Waals surface area contributed by atoms with Gasteiger partial charge in [-0.1, -0.05) is 30.3 Å². The van der Waals surface area contributed by atoms with E-state index in [1.54, 1.807) is 4.90 Å². The van der Waals surface area contributed by atoms with Gasteiger partial charge in [-0.3, -0.25) is 0 Å². The van der Waals surface area contributed by atoms with Crippen molar-refractivity contribution in [2.24, 2.45) is 0 Å². The van der Waals surface area contributed by atoms with Crippen LogP contribution in [0.1, 0.15) is 18.1 Å². The Morgan fingerprint density at radius 1 is 1.00 bits per heavy atom. The van der Waals surface area contributed by atoms with E-state index in [4.69, 9.17) is 5.11 Å². The summed E-state index contributed by atoms with van der Waals surface area (Å²) in [4.78, 5) is 1.64. The minimum atomic E-state index is -0.646. The Morgan fingerprint density at radius 2 is 1.60 bits per heavy atom. The summed E-state index contributed by atoms with van der Waals surface area (Å²) in [7, 11) is 0. The summed E-state index contributed by atoms with van der Waals surface area (Å²) in [6, 6.07) is 11.9. The zero-order chi connectivity index (χ0) is 14.5. The summed E-state index contributed by atoms with van der Waals surface area (Å²) in [5.74, 6) is -1.29. The number of rotatable bonds is 5. The summed E-state index contributed by atoms with van der Waals surface area (Å²) >= 11 is 0. The minimum absolute atomic E-state index is 0.0476. The van der Waals surface area contributed by atoms with Gasteiger partial charge in [0.2, 0.25) is 0 Å². The Kier molecular flexibility index (Phi) is 4.69. The van der Waals surface area contributed by atoms with Crippen LogP contribution < -0.4 is 4.90 Å². The zero-order valence-electron chi connectivity index (χ0n) is 11.3. The van der Waals surface area contributed by atoms with Gasteiger partial charge in [0.15, 0.2) is 0 Å². The molecule has 0 aliphatic rings. The normalized spacial score (nSPS) is 10.6. The third-order valence-corrected chi connectivity index (χ3v) is 3.17. The SMILES string of the molecule is CCN(Cc1ccccc1)c1c(F)cc(CO)cc1F. The quantitative estimate of drug-likeness (QED) is 0.904. The highest BCUT2D eigenvalue weighted by Crippen LogP contribution is 2.26. The maximum absolute atomic E-state index is 14.0. The summed E-state index contributed by atoms with van der Waals surface area (Å²) < 4.78 is 28.1. The molecule has 106 valence electrons. The van der Waals surface area contributed by atoms with Gasteiger partial charge in [0.05, 0.1) is 6.61 Å². The van der Waals surface area contributed by atoms with Crippen LogP contribution >= 0.6 is 0 Å². The summed E-state index contributed by atoms with van der Waals surface area (Å²) in [6.07, 6.45) is 0. The van der Waals surface area contributed by atoms with Crippen molar-refractivity contribution in [1.82, 2.24) is 0 Å². The third kappa shape index (κ3) is 3.14. The molecule has 2 aromatic rings. The average molecular weight is 277 g/mol. The van der Waals surface area contributed by atoms with Crippen LogP contribution in [0.15, 0.2) is 42.5 Å². The van der Waals surface area contributed by atoms with Crippen molar-refractivity contribution in [3.63, 3.8) is 0 Å². The first kappa shape index (κ1) is 14.5. The smallest absolute Gasteiger partial charge is 0.149 e. The molecule has 0 unspecified atom stereocenters. The molecule has 0 saturated carbocycles. The Labute approximate surface area is 117 Å². The number of hydrogen-bond donors (Lipinski definition) is 1. The minimum Gasteiger partial charge on any atom is -0.392 e. The lowest BCUT2D eigenvalue weighted by Crippen LogP contribution is -2.24. The van der Waals surface area contributed by atoms with Gasteiger partial charge in [0.1, 0.15) is 17.3 Å². The van der Waals surface area contributed by atoms with Crippen molar-refractivity contribution in [2.45, 2.75) is 20.1 Å². The monoisotopic (exact) mass is 277 g/mol. The van der Waals surface area contributed by atoms with E-state index in [-0.39, 0.29) is 17.9 Å². The molecule has 4 heteroatoms. The zero-order valence-corrected chi connectivity index (χ0v) is 11.3. The lowest BCUT2D eigenvalue weighted by molar-refractivity contribution is 0.280. The molecule has 1 N–H and O–H groups in total. The van der Waals surface area contributed by atoms with Gasteiger partial charge in [-0.05, 0) is 30.2 Å². The summed E-state index contributed by atoms with van der Waals surface area (Å²) in [5, 5.41) is 8.96. The van der Waals surface area contributed by atoms with E-state index in [1.165, 1.54) is 12.1 Å². The second-order valence-electron chi connectivity index (χ2n) is 4.57. The highest BCUT2D eigenvalue weighted by atomic mass is 19.1. The molecule has 0 fully saturated rings. The van der Waals surface area contributed by atoms with E-state index < -0.39 is 11.6 Å². The van der Waals surface area contributed by atoms with Gasteiger partial charge < -0.3 is 10.0 Å². The van der Waals surface area contributed by atoms with Gasteiger partial charge in [-0.25, -0.2) is 8.78 Å². The third-order valence-electron chi connectivity index (χ3n) is 3.17. The molecule has 0 amide bonds. The van der Waals surface area contributed by atoms with E-state index in [9.17, 15) is 8.78 Å². The fourth-order valence-corrected chi connectivity index (χ4v) is 2.16. The van der Waals surface area contributed by atoms with Gasteiger partial charge >= 0.3 is 0 Å². The number of aliphatic hydroxyl groups is 1. The highest BCUT2D eigenvalue weighted by molar-refractivity contribution is 5.51. The Bertz CT molecular complexity index is 549. The van der Waals surface area contributed by atoms with Crippen LogP contribution in [0.25, 0.3) is 0 Å². The molecule has 2 aromatic carbocycles. The Morgan fingerprint density at radius 3 is 2.10 bits per heavy atom. The molecule has 0 aliphatic heterocycles. The van der Waals surface area contributed by atoms with Crippen LogP contribution in [0.5, 0.6) is 0 Å². The number of aliphatic hydroxyl groups excluding tert-OH is 1. The van der Waals surface area contributed by atoms with Crippen LogP contribution in [-0.4, -0.2) is 11.7 Å². The topological polar surface area (TPSA) is 23.5 Å². The van der Waals surface area contributed by atoms with Crippen molar-refractivity contribution in [3.05, 3.63) is 65.2 Å². The molecule has 0 heterocycles. The molecule has 0 atom stereocenters. The van der Waals surface area contributed by atoms with Gasteiger partial charge in [0, 0.05) is 13.1 Å². The second kappa shape index (κ2) is 6.48. The predicted molar refractivity (Wildman–Crippen MR) is 75.4 cm³/mol. The van der Waals surface area contributed by atoms with Crippen LogP contribution in [0.3, 0.4) is 0 Å². The molecule has 0 radical (unpaired) electrons. The molecule has 0 aliphatic carbocycles. The standard InChI is InChI=1S/C16H17F2NO/c1-2-19(10-12-6-4-3-5-7-12)16-14(17)8-13(11-20)9-15(16)18/h3-9,20H,2,10-11H2,1H3. The number of benzene rings is 2. The maximum Gasteiger partial charge on any atom is 0.149 e. The number of halogens is 2. The maximum atomic E-state index is 14.0. The second-order valence-corrected chi connectivity index (χ2v) is 4.57. The lowest BCUT2D eigenvalue weighted by atomic mass is 10.1. The Hall–Kier alpha value is -1.94. The van der Waals surface area contributed by atoms with E-state index in [0.717, 1.165) is 5.56 Å². The van der Waals surface area contributed by atoms with Crippen LogP contribution in [0, 0.1) is 11.6 Å². The molecule has 0 saturated heterocycles. The van der Waals surface area contributed by atoms with E-state index in [0.29, 0.717) is 13.1 Å². The molecule has 20 heavy (non-hydrogen) atoms. The van der Waals surface area contributed by atoms with E-state index in [2.05, 4.69) is 0 Å². The predicted octanol–water partition coefficient (Wildman–Crippen LogP) is 3.48. The molecule has 0 aromatic heterocycles. The molecular weight excluding hydrogens is 260 g/mol. The van der Waals surface area contributed by atoms with Crippen molar-refractivity contribution in [1.29, 1.82) is 0 Å². The first-order chi connectivity index (χ1) is 9.65. The first-order valence-corrected chi connectivity index (χ1v) is 6.53. The van der Waals surface area contributed by atoms with Crippen LogP contribution in [0.4, 0.5) is 14.5 Å². The summed E-state index contributed by atoms with van der Waals surface area (Å²) in [5.41, 5.74) is 1.17. The first-order valence-electron chi connectivity index (χ1n) is 6.53. The van der Waals surface area contributed by atoms with Gasteiger partial charge in [0.25, 0.3) is 0 Å². The Balaban J connectivity index is 2.32. The molecule has 2 nitrogen and oxygen atoms in total. The van der Waals surface area contributed by atoms with Gasteiger partial charge in [-0.2, -0.15) is 0 Å². The average Bonchev–Trinajstić information content (AvgIpc) is 2.46. The largest absolute Gasteiger partial charge is 0.392 e. The molecule has 0 bridgehead atoms. The fraction of sp³-hybridized carbons (Fsp3) is 0.250. The van der Waals surface area contributed by atoms with Crippen molar-refractivity contribution in [3.8, 4) is 0 Å². The van der Waals surface area contributed by atoms with Crippen LogP contribution in [0.2, 0.25) is 0 Å². The van der Waals surface area contributed by atoms with Gasteiger partial charge in [-0.15, -0.1) is 0 Å². The van der Waals surface area contributed by atoms with Crippen molar-refractivity contribution in [2.75, 3.05) is 11.4 Å². The summed E-state index contributed by atoms with van der Waals surface area (Å²) in [6.45, 7) is 2.39. The lowest BCUT2D eigenvalue weighted by Gasteiger charge is -2.24. The van der Waals surface area contributed by atoms with Crippen molar-refractivity contribution >= 4 is 5.69 Å². The highest BCUT2D eigenvalue weighted by Gasteiger charge is 2.17. The van der Waals surface area contributed by atoms with Crippen molar-refractivity contribution < 1.29 is 13.9 Å². The molecule has 0 spiro atoms. The molecular formula is C16H17F2NO. The number of hydrogen-bond acceptors (Lipinski definition) is 2. The molecule has 2 rings (SSSR count). The number of anilines is 1. The van der Waals surface area contributed by atoms with E-state index in [1.807, 2.05) is 37.3 Å². The van der Waals surface area contributed by atoms with Crippen LogP contribution in [-0.2, 0) is 13.2 Å². The van der Waals surface area contributed by atoms with E-state index >= 15 is 0 Å². The number of nitrogens with zero attached hydrogens (tertiary/aromatic N) is 1.